The number of rotatable bonds is 3. The lowest BCUT2D eigenvalue weighted by Crippen LogP contribution is -2.66. The van der Waals surface area contributed by atoms with Gasteiger partial charge in [-0.1, -0.05) is 11.6 Å². The normalized spacial score (nSPS) is 24.1. The quantitative estimate of drug-likeness (QED) is 0.590. The highest BCUT2D eigenvalue weighted by molar-refractivity contribution is 6.30. The third-order valence-corrected chi connectivity index (χ3v) is 2.84. The average Bonchev–Trinajstić information content (AvgIpc) is 2.29. The zero-order chi connectivity index (χ0) is 11.7. The van der Waals surface area contributed by atoms with Crippen molar-refractivity contribution in [2.75, 3.05) is 12.0 Å². The fourth-order valence-corrected chi connectivity index (χ4v) is 1.88. The highest BCUT2D eigenvalue weighted by Gasteiger charge is 2.48. The second-order valence-electron chi connectivity index (χ2n) is 3.47. The summed E-state index contributed by atoms with van der Waals surface area (Å²) in [7, 11) is 1.41. The zero-order valence-electron chi connectivity index (χ0n) is 8.59. The number of ether oxygens (including phenoxy) is 1. The molecule has 0 radical (unpaired) electrons. The molecule has 1 heterocycles. The molecule has 5 heteroatoms. The van der Waals surface area contributed by atoms with Gasteiger partial charge in [0, 0.05) is 17.8 Å². The first-order chi connectivity index (χ1) is 7.69. The number of amides is 1. The molecule has 4 nitrogen and oxygen atoms in total. The predicted octanol–water partition coefficient (Wildman–Crippen LogP) is 1.27. The van der Waals surface area contributed by atoms with Gasteiger partial charge in [0.1, 0.15) is 12.3 Å². The van der Waals surface area contributed by atoms with Crippen LogP contribution in [0.1, 0.15) is 0 Å². The molecule has 84 valence electrons. The Morgan fingerprint density at radius 3 is 2.50 bits per heavy atom. The van der Waals surface area contributed by atoms with Crippen LogP contribution < -0.4 is 4.90 Å². The van der Waals surface area contributed by atoms with Crippen LogP contribution in [0.25, 0.3) is 0 Å². The Balaban J connectivity index is 2.25. The van der Waals surface area contributed by atoms with E-state index in [1.807, 2.05) is 0 Å². The van der Waals surface area contributed by atoms with Crippen LogP contribution in [0.4, 0.5) is 5.69 Å². The lowest BCUT2D eigenvalue weighted by Gasteiger charge is -2.42. The van der Waals surface area contributed by atoms with E-state index in [9.17, 15) is 9.59 Å². The van der Waals surface area contributed by atoms with Crippen LogP contribution in [-0.2, 0) is 14.3 Å². The van der Waals surface area contributed by atoms with Crippen molar-refractivity contribution >= 4 is 29.5 Å². The van der Waals surface area contributed by atoms with Crippen molar-refractivity contribution in [3.05, 3.63) is 29.3 Å². The summed E-state index contributed by atoms with van der Waals surface area (Å²) in [6, 6.07) is 6.20. The molecule has 1 aromatic rings. The van der Waals surface area contributed by atoms with E-state index in [4.69, 9.17) is 16.3 Å². The molecule has 0 N–H and O–H groups in total. The van der Waals surface area contributed by atoms with Gasteiger partial charge in [0.15, 0.2) is 6.10 Å². The summed E-state index contributed by atoms with van der Waals surface area (Å²) in [6.07, 6.45) is 0.0534. The van der Waals surface area contributed by atoms with Crippen molar-refractivity contribution in [1.29, 1.82) is 0 Å². The van der Waals surface area contributed by atoms with Crippen LogP contribution in [-0.4, -0.2) is 31.4 Å². The number of benzene rings is 1. The minimum absolute atomic E-state index is 0.207. The molecule has 2 atom stereocenters. The van der Waals surface area contributed by atoms with E-state index >= 15 is 0 Å². The molecule has 1 saturated heterocycles. The zero-order valence-corrected chi connectivity index (χ0v) is 9.35. The van der Waals surface area contributed by atoms with Crippen molar-refractivity contribution < 1.29 is 14.3 Å². The molecule has 1 amide bonds. The molecule has 2 rings (SSSR count). The second kappa shape index (κ2) is 4.23. The number of methoxy groups -OCH3 is 1. The van der Waals surface area contributed by atoms with Crippen molar-refractivity contribution in [3.63, 3.8) is 0 Å². The van der Waals surface area contributed by atoms with E-state index in [-0.39, 0.29) is 5.91 Å². The molecule has 0 saturated carbocycles. The molecule has 16 heavy (non-hydrogen) atoms. The Labute approximate surface area is 97.7 Å². The largest absolute Gasteiger partial charge is 0.369 e. The molecule has 1 fully saturated rings. The van der Waals surface area contributed by atoms with Gasteiger partial charge >= 0.3 is 0 Å². The van der Waals surface area contributed by atoms with Gasteiger partial charge in [-0.15, -0.1) is 0 Å². The van der Waals surface area contributed by atoms with Gasteiger partial charge in [0.2, 0.25) is 0 Å². The Kier molecular flexibility index (Phi) is 2.94. The predicted molar refractivity (Wildman–Crippen MR) is 59.6 cm³/mol. The maximum absolute atomic E-state index is 11.7. The minimum atomic E-state index is -0.659. The SMILES string of the molecule is CO[C@H]1C(=O)N(c2ccc(Cl)cc2)[C@@H]1C=O. The molecule has 0 aliphatic carbocycles. The van der Waals surface area contributed by atoms with Crippen LogP contribution >= 0.6 is 11.6 Å². The Morgan fingerprint density at radius 2 is 2.00 bits per heavy atom. The molecule has 1 aliphatic rings. The molecule has 0 unspecified atom stereocenters. The summed E-state index contributed by atoms with van der Waals surface area (Å²) in [5, 5.41) is 0.586. The van der Waals surface area contributed by atoms with E-state index in [0.717, 1.165) is 0 Å². The van der Waals surface area contributed by atoms with E-state index in [2.05, 4.69) is 0 Å². The summed E-state index contributed by atoms with van der Waals surface area (Å²) in [6.45, 7) is 0. The Hall–Kier alpha value is -1.39. The molecule has 1 aromatic carbocycles. The van der Waals surface area contributed by atoms with Crippen LogP contribution in [0.3, 0.4) is 0 Å². The Morgan fingerprint density at radius 1 is 1.38 bits per heavy atom. The van der Waals surface area contributed by atoms with Gasteiger partial charge in [0.05, 0.1) is 0 Å². The minimum Gasteiger partial charge on any atom is -0.369 e. The monoisotopic (exact) mass is 239 g/mol. The van der Waals surface area contributed by atoms with Crippen molar-refractivity contribution in [3.8, 4) is 0 Å². The third kappa shape index (κ3) is 1.60. The van der Waals surface area contributed by atoms with Crippen molar-refractivity contribution in [1.82, 2.24) is 0 Å². The number of hydrogen-bond donors (Lipinski definition) is 0. The number of halogens is 1. The van der Waals surface area contributed by atoms with Gasteiger partial charge in [-0.25, -0.2) is 0 Å². The van der Waals surface area contributed by atoms with Gasteiger partial charge in [-0.2, -0.15) is 0 Å². The summed E-state index contributed by atoms with van der Waals surface area (Å²) in [4.78, 5) is 23.9. The number of nitrogens with zero attached hydrogens (tertiary/aromatic N) is 1. The topological polar surface area (TPSA) is 46.6 Å². The van der Waals surface area contributed by atoms with Crippen molar-refractivity contribution in [2.24, 2.45) is 0 Å². The lowest BCUT2D eigenvalue weighted by atomic mass is 9.98. The molecular weight excluding hydrogens is 230 g/mol. The first-order valence-electron chi connectivity index (χ1n) is 4.75. The van der Waals surface area contributed by atoms with Crippen molar-refractivity contribution in [2.45, 2.75) is 12.1 Å². The molecule has 0 bridgehead atoms. The van der Waals surface area contributed by atoms with Gasteiger partial charge < -0.3 is 9.53 Å². The maximum Gasteiger partial charge on any atom is 0.259 e. The number of hydrogen-bond acceptors (Lipinski definition) is 3. The average molecular weight is 240 g/mol. The number of carbonyl (C=O) groups is 2. The molecule has 0 spiro atoms. The van der Waals surface area contributed by atoms with E-state index in [0.29, 0.717) is 17.0 Å². The standard InChI is InChI=1S/C11H10ClNO3/c1-16-10-9(6-14)13(11(10)15)8-4-2-7(12)3-5-8/h2-6,9-10H,1H3/t9-,10-/m1/s1. The van der Waals surface area contributed by atoms with Crippen LogP contribution in [0, 0.1) is 0 Å². The summed E-state index contributed by atoms with van der Waals surface area (Å²) >= 11 is 5.74. The first-order valence-corrected chi connectivity index (χ1v) is 5.13. The van der Waals surface area contributed by atoms with E-state index in [1.54, 1.807) is 24.3 Å². The molecule has 1 aliphatic heterocycles. The van der Waals surface area contributed by atoms with Crippen LogP contribution in [0.5, 0.6) is 0 Å². The summed E-state index contributed by atoms with van der Waals surface area (Å²) in [5.74, 6) is -0.207. The van der Waals surface area contributed by atoms with Crippen LogP contribution in [0.15, 0.2) is 24.3 Å². The van der Waals surface area contributed by atoms with E-state index < -0.39 is 12.1 Å². The highest BCUT2D eigenvalue weighted by Crippen LogP contribution is 2.29. The second-order valence-corrected chi connectivity index (χ2v) is 3.90. The number of aldehydes is 1. The highest BCUT2D eigenvalue weighted by atomic mass is 35.5. The first kappa shape index (κ1) is 11.1. The van der Waals surface area contributed by atoms with Gasteiger partial charge in [-0.3, -0.25) is 9.69 Å². The Bertz CT molecular complexity index is 418. The smallest absolute Gasteiger partial charge is 0.259 e. The van der Waals surface area contributed by atoms with Gasteiger partial charge in [-0.05, 0) is 24.3 Å². The maximum atomic E-state index is 11.7. The molecule has 0 aromatic heterocycles. The van der Waals surface area contributed by atoms with Crippen LogP contribution in [0.2, 0.25) is 5.02 Å². The lowest BCUT2D eigenvalue weighted by molar-refractivity contribution is -0.142. The summed E-state index contributed by atoms with van der Waals surface area (Å²) < 4.78 is 4.93. The fourth-order valence-electron chi connectivity index (χ4n) is 1.76. The number of anilines is 1. The number of carbonyl (C=O) groups excluding carboxylic acids is 2. The van der Waals surface area contributed by atoms with E-state index in [1.165, 1.54) is 12.0 Å². The fraction of sp³-hybridized carbons (Fsp3) is 0.273. The van der Waals surface area contributed by atoms with Gasteiger partial charge in [0.25, 0.3) is 5.91 Å². The number of β-lactam (4-membered cyclic amide) rings is 1. The molecular formula is C11H10ClNO3. The third-order valence-electron chi connectivity index (χ3n) is 2.59. The summed E-state index contributed by atoms with van der Waals surface area (Å²) in [5.41, 5.74) is 0.653.